The summed E-state index contributed by atoms with van der Waals surface area (Å²) in [5, 5.41) is 2.80. The molecule has 0 saturated heterocycles. The first-order valence-electron chi connectivity index (χ1n) is 4.75. The Balaban J connectivity index is 2.66. The first kappa shape index (κ1) is 13.6. The summed E-state index contributed by atoms with van der Waals surface area (Å²) in [4.78, 5) is 0. The van der Waals surface area contributed by atoms with Crippen LogP contribution in [0.2, 0.25) is 0 Å². The first-order chi connectivity index (χ1) is 7.92. The molecule has 0 heterocycles. The Labute approximate surface area is 95.3 Å². The van der Waals surface area contributed by atoms with Gasteiger partial charge in [-0.1, -0.05) is 0 Å². The molecule has 1 aromatic carbocycles. The molecule has 1 rings (SSSR count). The molecule has 0 spiro atoms. The number of ether oxygens (including phenoxy) is 2. The summed E-state index contributed by atoms with van der Waals surface area (Å²) in [5.74, 6) is -1.85. The van der Waals surface area contributed by atoms with Gasteiger partial charge in [-0.2, -0.15) is 0 Å². The largest absolute Gasteiger partial charge is 0.573 e. The molecule has 0 unspecified atom stereocenters. The highest BCUT2D eigenvalue weighted by atomic mass is 19.4. The quantitative estimate of drug-likeness (QED) is 0.645. The predicted octanol–water partition coefficient (Wildman–Crippen LogP) is 2.32. The van der Waals surface area contributed by atoms with E-state index in [9.17, 15) is 17.6 Å². The van der Waals surface area contributed by atoms with Gasteiger partial charge in [0.2, 0.25) is 0 Å². The Hall–Kier alpha value is -1.50. The number of hydrogen-bond acceptors (Lipinski definition) is 3. The molecule has 3 nitrogen and oxygen atoms in total. The maximum Gasteiger partial charge on any atom is 0.573 e. The van der Waals surface area contributed by atoms with Gasteiger partial charge >= 0.3 is 6.36 Å². The standard InChI is InChI=1S/C10H11F4NO2/c1-15-4-5-16-7-2-3-9(8(11)6-7)17-10(12,13)14/h2-3,6,15H,4-5H2,1H3. The van der Waals surface area contributed by atoms with Crippen molar-refractivity contribution in [3.63, 3.8) is 0 Å². The lowest BCUT2D eigenvalue weighted by atomic mass is 10.3. The minimum absolute atomic E-state index is 0.146. The van der Waals surface area contributed by atoms with Crippen LogP contribution in [0.4, 0.5) is 17.6 Å². The predicted molar refractivity (Wildman–Crippen MR) is 52.5 cm³/mol. The molecule has 96 valence electrons. The Bertz CT molecular complexity index is 368. The highest BCUT2D eigenvalue weighted by molar-refractivity contribution is 5.33. The molecule has 0 atom stereocenters. The van der Waals surface area contributed by atoms with E-state index in [4.69, 9.17) is 4.74 Å². The average Bonchev–Trinajstić information content (AvgIpc) is 2.21. The smallest absolute Gasteiger partial charge is 0.492 e. The van der Waals surface area contributed by atoms with Gasteiger partial charge in [-0.25, -0.2) is 4.39 Å². The molecule has 0 aromatic heterocycles. The highest BCUT2D eigenvalue weighted by Gasteiger charge is 2.32. The maximum absolute atomic E-state index is 13.2. The van der Waals surface area contributed by atoms with E-state index in [0.717, 1.165) is 12.1 Å². The summed E-state index contributed by atoms with van der Waals surface area (Å²) >= 11 is 0. The maximum atomic E-state index is 13.2. The zero-order chi connectivity index (χ0) is 12.9. The number of benzene rings is 1. The van der Waals surface area contributed by atoms with Crippen LogP contribution in [0.15, 0.2) is 18.2 Å². The van der Waals surface area contributed by atoms with Gasteiger partial charge in [-0.3, -0.25) is 0 Å². The van der Waals surface area contributed by atoms with Crippen molar-refractivity contribution in [1.82, 2.24) is 5.32 Å². The molecule has 0 aliphatic rings. The van der Waals surface area contributed by atoms with Crippen molar-refractivity contribution in [1.29, 1.82) is 0 Å². The fraction of sp³-hybridized carbons (Fsp3) is 0.400. The molecular weight excluding hydrogens is 242 g/mol. The molecular formula is C10H11F4NO2. The number of hydrogen-bond donors (Lipinski definition) is 1. The Morgan fingerprint density at radius 2 is 2.00 bits per heavy atom. The Morgan fingerprint density at radius 3 is 2.53 bits per heavy atom. The molecule has 0 amide bonds. The molecule has 7 heteroatoms. The van der Waals surface area contributed by atoms with Gasteiger partial charge in [0.1, 0.15) is 12.4 Å². The molecule has 17 heavy (non-hydrogen) atoms. The minimum Gasteiger partial charge on any atom is -0.492 e. The van der Waals surface area contributed by atoms with E-state index in [0.29, 0.717) is 6.54 Å². The van der Waals surface area contributed by atoms with Gasteiger partial charge in [0.25, 0.3) is 0 Å². The van der Waals surface area contributed by atoms with E-state index >= 15 is 0 Å². The number of alkyl halides is 3. The third kappa shape index (κ3) is 4.90. The molecule has 0 aliphatic carbocycles. The zero-order valence-electron chi connectivity index (χ0n) is 8.97. The van der Waals surface area contributed by atoms with Gasteiger partial charge in [-0.05, 0) is 19.2 Å². The molecule has 0 aliphatic heterocycles. The summed E-state index contributed by atoms with van der Waals surface area (Å²) in [6.45, 7) is 0.831. The van der Waals surface area contributed by atoms with Gasteiger partial charge in [0.15, 0.2) is 11.6 Å². The van der Waals surface area contributed by atoms with E-state index in [1.807, 2.05) is 0 Å². The van der Waals surface area contributed by atoms with E-state index in [-0.39, 0.29) is 12.4 Å². The second-order valence-corrected chi connectivity index (χ2v) is 3.09. The third-order valence-corrected chi connectivity index (χ3v) is 1.75. The summed E-state index contributed by atoms with van der Waals surface area (Å²) in [6.07, 6.45) is -4.91. The van der Waals surface area contributed by atoms with Crippen LogP contribution in [0.1, 0.15) is 0 Å². The number of halogens is 4. The second-order valence-electron chi connectivity index (χ2n) is 3.09. The van der Waals surface area contributed by atoms with Crippen molar-refractivity contribution in [3.05, 3.63) is 24.0 Å². The van der Waals surface area contributed by atoms with Crippen LogP contribution >= 0.6 is 0 Å². The lowest BCUT2D eigenvalue weighted by molar-refractivity contribution is -0.275. The van der Waals surface area contributed by atoms with Crippen LogP contribution in [0.5, 0.6) is 11.5 Å². The van der Waals surface area contributed by atoms with Crippen LogP contribution in [0.25, 0.3) is 0 Å². The highest BCUT2D eigenvalue weighted by Crippen LogP contribution is 2.28. The lowest BCUT2D eigenvalue weighted by Crippen LogP contribution is -2.18. The van der Waals surface area contributed by atoms with Crippen molar-refractivity contribution in [2.24, 2.45) is 0 Å². The third-order valence-electron chi connectivity index (χ3n) is 1.75. The van der Waals surface area contributed by atoms with Gasteiger partial charge < -0.3 is 14.8 Å². The normalized spacial score (nSPS) is 11.4. The Morgan fingerprint density at radius 1 is 1.29 bits per heavy atom. The van der Waals surface area contributed by atoms with Gasteiger partial charge in [0, 0.05) is 12.6 Å². The first-order valence-corrected chi connectivity index (χ1v) is 4.75. The SMILES string of the molecule is CNCCOc1ccc(OC(F)(F)F)c(F)c1. The number of nitrogens with one attached hydrogen (secondary N) is 1. The molecule has 0 fully saturated rings. The van der Waals surface area contributed by atoms with Crippen LogP contribution in [0.3, 0.4) is 0 Å². The van der Waals surface area contributed by atoms with Crippen molar-refractivity contribution >= 4 is 0 Å². The van der Waals surface area contributed by atoms with Crippen molar-refractivity contribution in [2.75, 3.05) is 20.2 Å². The number of rotatable bonds is 5. The van der Waals surface area contributed by atoms with Crippen molar-refractivity contribution < 1.29 is 27.0 Å². The molecule has 1 aromatic rings. The van der Waals surface area contributed by atoms with Crippen LogP contribution in [-0.2, 0) is 0 Å². The fourth-order valence-electron chi connectivity index (χ4n) is 1.05. The topological polar surface area (TPSA) is 30.5 Å². The van der Waals surface area contributed by atoms with Crippen LogP contribution in [0, 0.1) is 5.82 Å². The van der Waals surface area contributed by atoms with Gasteiger partial charge in [-0.15, -0.1) is 13.2 Å². The molecule has 0 saturated carbocycles. The minimum atomic E-state index is -4.91. The van der Waals surface area contributed by atoms with Crippen molar-refractivity contribution in [3.8, 4) is 11.5 Å². The monoisotopic (exact) mass is 253 g/mol. The summed E-state index contributed by atoms with van der Waals surface area (Å²) < 4.78 is 57.2. The fourth-order valence-corrected chi connectivity index (χ4v) is 1.05. The molecule has 1 N–H and O–H groups in total. The molecule has 0 bridgehead atoms. The van der Waals surface area contributed by atoms with Crippen LogP contribution in [-0.4, -0.2) is 26.6 Å². The van der Waals surface area contributed by atoms with Gasteiger partial charge in [0.05, 0.1) is 0 Å². The Kier molecular flexibility index (Phi) is 4.56. The average molecular weight is 253 g/mol. The summed E-state index contributed by atoms with van der Waals surface area (Å²) in [6, 6.07) is 2.92. The van der Waals surface area contributed by atoms with Crippen LogP contribution < -0.4 is 14.8 Å². The summed E-state index contributed by atoms with van der Waals surface area (Å²) in [5.41, 5.74) is 0. The van der Waals surface area contributed by atoms with E-state index in [1.165, 1.54) is 6.07 Å². The lowest BCUT2D eigenvalue weighted by Gasteiger charge is -2.11. The number of likely N-dealkylation sites (N-methyl/N-ethyl adjacent to an activating group) is 1. The van der Waals surface area contributed by atoms with E-state index in [2.05, 4.69) is 10.1 Å². The zero-order valence-corrected chi connectivity index (χ0v) is 8.97. The second kappa shape index (κ2) is 5.72. The summed E-state index contributed by atoms with van der Waals surface area (Å²) in [7, 11) is 1.71. The van der Waals surface area contributed by atoms with E-state index < -0.39 is 17.9 Å². The molecule has 0 radical (unpaired) electrons. The van der Waals surface area contributed by atoms with Crippen molar-refractivity contribution in [2.45, 2.75) is 6.36 Å². The van der Waals surface area contributed by atoms with E-state index in [1.54, 1.807) is 7.05 Å².